The summed E-state index contributed by atoms with van der Waals surface area (Å²) in [5.74, 6) is 0. The second-order valence-corrected chi connectivity index (χ2v) is 9.41. The van der Waals surface area contributed by atoms with Crippen molar-refractivity contribution in [3.05, 3.63) is 54.6 Å². The summed E-state index contributed by atoms with van der Waals surface area (Å²) in [7, 11) is 0.140. The van der Waals surface area contributed by atoms with Crippen LogP contribution in [0.15, 0.2) is 54.6 Å². The van der Waals surface area contributed by atoms with Gasteiger partial charge in [-0.05, 0) is 25.2 Å². The second kappa shape index (κ2) is 19.4. The zero-order chi connectivity index (χ0) is 18.0. The number of unbranched alkanes of at least 4 members (excludes halogenated alkanes) is 8. The van der Waals surface area contributed by atoms with Gasteiger partial charge >= 0.3 is 0 Å². The Morgan fingerprint density at radius 2 is 1.00 bits per heavy atom. The summed E-state index contributed by atoms with van der Waals surface area (Å²) in [5.41, 5.74) is 0. The van der Waals surface area contributed by atoms with Crippen LogP contribution in [0.3, 0.4) is 0 Å². The zero-order valence-corrected chi connectivity index (χ0v) is 19.0. The molecular formula is C24H39FeP-6. The molecule has 0 aromatic heterocycles. The maximum atomic E-state index is 2.36. The minimum Gasteiger partial charge on any atom is -0.748 e. The van der Waals surface area contributed by atoms with Gasteiger partial charge in [0.15, 0.2) is 0 Å². The third kappa shape index (κ3) is 13.8. The summed E-state index contributed by atoms with van der Waals surface area (Å²) in [6.07, 6.45) is 17.2. The summed E-state index contributed by atoms with van der Waals surface area (Å²) in [6.45, 7) is 4.60. The van der Waals surface area contributed by atoms with Gasteiger partial charge in [-0.3, -0.25) is 0 Å². The van der Waals surface area contributed by atoms with Crippen LogP contribution < -0.4 is 5.30 Å². The third-order valence-corrected chi connectivity index (χ3v) is 7.37. The molecule has 0 aliphatic heterocycles. The molecule has 0 aliphatic rings. The van der Waals surface area contributed by atoms with Gasteiger partial charge in [0.05, 0.1) is 0 Å². The van der Waals surface area contributed by atoms with E-state index in [1.54, 1.807) is 5.30 Å². The van der Waals surface area contributed by atoms with Crippen LogP contribution in [-0.4, -0.2) is 12.3 Å². The van der Waals surface area contributed by atoms with Crippen LogP contribution in [0.5, 0.6) is 0 Å². The van der Waals surface area contributed by atoms with E-state index in [0.717, 1.165) is 0 Å². The fraction of sp³-hybridized carbons (Fsp3) is 0.583. The predicted octanol–water partition coefficient (Wildman–Crippen LogP) is 7.86. The average molecular weight is 414 g/mol. The molecule has 0 bridgehead atoms. The first-order valence-electron chi connectivity index (χ1n) is 10.5. The van der Waals surface area contributed by atoms with E-state index in [2.05, 4.69) is 38.1 Å². The largest absolute Gasteiger partial charge is 0.748 e. The monoisotopic (exact) mass is 414 g/mol. The minimum atomic E-state index is 0. The Labute approximate surface area is 175 Å². The fourth-order valence-electron chi connectivity index (χ4n) is 3.08. The van der Waals surface area contributed by atoms with Crippen LogP contribution in [0.2, 0.25) is 0 Å². The minimum absolute atomic E-state index is 0. The van der Waals surface area contributed by atoms with Crippen molar-refractivity contribution in [1.82, 2.24) is 0 Å². The van der Waals surface area contributed by atoms with Crippen LogP contribution in [0.4, 0.5) is 0 Å². The molecule has 0 aliphatic carbocycles. The van der Waals surface area contributed by atoms with E-state index in [1.807, 2.05) is 30.3 Å². The van der Waals surface area contributed by atoms with Crippen molar-refractivity contribution in [2.45, 2.75) is 78.1 Å². The van der Waals surface area contributed by atoms with Crippen LogP contribution in [0.1, 0.15) is 78.1 Å². The Hall–Kier alpha value is -0.351. The molecule has 26 heavy (non-hydrogen) atoms. The quantitative estimate of drug-likeness (QED) is 0.135. The van der Waals surface area contributed by atoms with E-state index in [-0.39, 0.29) is 25.0 Å². The number of rotatable bonds is 13. The average Bonchev–Trinajstić information content (AvgIpc) is 3.35. The normalized spacial score (nSPS) is 10.3. The molecule has 0 amide bonds. The molecule has 0 fully saturated rings. The maximum absolute atomic E-state index is 2.36. The molecule has 2 heteroatoms. The van der Waals surface area contributed by atoms with E-state index in [0.29, 0.717) is 0 Å². The van der Waals surface area contributed by atoms with Crippen molar-refractivity contribution in [1.29, 1.82) is 0 Å². The van der Waals surface area contributed by atoms with E-state index in [9.17, 15) is 0 Å². The summed E-state index contributed by atoms with van der Waals surface area (Å²) in [5, 5.41) is 1.66. The van der Waals surface area contributed by atoms with E-state index in [1.165, 1.54) is 76.5 Å². The maximum Gasteiger partial charge on any atom is 0 e. The fourth-order valence-corrected chi connectivity index (χ4v) is 5.62. The first kappa shape index (κ1) is 25.6. The molecule has 0 saturated heterocycles. The summed E-state index contributed by atoms with van der Waals surface area (Å²) >= 11 is 0. The zero-order valence-electron chi connectivity index (χ0n) is 17.0. The van der Waals surface area contributed by atoms with Crippen LogP contribution >= 0.6 is 7.92 Å². The smallest absolute Gasteiger partial charge is 0 e. The van der Waals surface area contributed by atoms with Gasteiger partial charge in [0.25, 0.3) is 0 Å². The molecular weight excluding hydrogens is 375 g/mol. The summed E-state index contributed by atoms with van der Waals surface area (Å²) < 4.78 is 0. The molecule has 0 unspecified atom stereocenters. The molecule has 154 valence electrons. The molecule has 0 nitrogen and oxygen atoms in total. The third-order valence-electron chi connectivity index (χ3n) is 4.63. The first-order valence-corrected chi connectivity index (χ1v) is 12.2. The summed E-state index contributed by atoms with van der Waals surface area (Å²) in [4.78, 5) is 0. The second-order valence-electron chi connectivity index (χ2n) is 6.92. The van der Waals surface area contributed by atoms with Gasteiger partial charge in [0.2, 0.25) is 0 Å². The predicted molar refractivity (Wildman–Crippen MR) is 118 cm³/mol. The molecule has 2 aromatic carbocycles. The van der Waals surface area contributed by atoms with Gasteiger partial charge in [-0.1, -0.05) is 65.2 Å². The Morgan fingerprint density at radius 3 is 1.38 bits per heavy atom. The Balaban J connectivity index is 0.000000893. The Bertz CT molecular complexity index is 415. The number of hydrogen-bond donors (Lipinski definition) is 0. The van der Waals surface area contributed by atoms with Gasteiger partial charge in [-0.15, -0.1) is 13.2 Å². The Kier molecular flexibility index (Phi) is 19.2. The number of hydrogen-bond acceptors (Lipinski definition) is 0. The molecule has 0 N–H and O–H groups in total. The van der Waals surface area contributed by atoms with Crippen LogP contribution in [-0.2, 0) is 17.1 Å². The van der Waals surface area contributed by atoms with Gasteiger partial charge in [0.1, 0.15) is 0 Å². The molecule has 0 atom stereocenters. The van der Waals surface area contributed by atoms with Gasteiger partial charge in [0, 0.05) is 17.1 Å². The molecule has 2 aromatic rings. The van der Waals surface area contributed by atoms with Gasteiger partial charge in [-0.2, -0.15) is 12.1 Å². The van der Waals surface area contributed by atoms with Crippen LogP contribution in [0.25, 0.3) is 0 Å². The molecule has 2 rings (SSSR count). The van der Waals surface area contributed by atoms with Crippen molar-refractivity contribution >= 4 is 13.2 Å². The first-order chi connectivity index (χ1) is 12.4. The SMILES string of the molecule is CCCCCCCP(CCCCCCC)[c-]1cccc1.[Fe].[cH-]1[cH-][cH-][cH-][cH-]1. The van der Waals surface area contributed by atoms with Gasteiger partial charge in [-0.25, -0.2) is 12.1 Å². The molecule has 0 heterocycles. The summed E-state index contributed by atoms with van der Waals surface area (Å²) in [6, 6.07) is 19.2. The Morgan fingerprint density at radius 1 is 0.615 bits per heavy atom. The van der Waals surface area contributed by atoms with Crippen molar-refractivity contribution in [3.63, 3.8) is 0 Å². The van der Waals surface area contributed by atoms with Crippen molar-refractivity contribution in [3.8, 4) is 0 Å². The standard InChI is InChI=1S/C19H34P.C5H5.Fe/c1-3-5-7-9-13-17-20(19-15-11-12-16-19)18-14-10-8-6-4-2;1-2-4-5-3-1;/h11-12,15-16H,3-10,13-14,17-18H2,1-2H3;1-5H;/q-1;-5;. The molecule has 0 saturated carbocycles. The van der Waals surface area contributed by atoms with E-state index >= 15 is 0 Å². The molecule has 0 spiro atoms. The van der Waals surface area contributed by atoms with Crippen molar-refractivity contribution in [2.75, 3.05) is 12.3 Å². The van der Waals surface area contributed by atoms with Crippen LogP contribution in [0, 0.1) is 0 Å². The topological polar surface area (TPSA) is 0 Å². The molecule has 0 radical (unpaired) electrons. The van der Waals surface area contributed by atoms with Crippen molar-refractivity contribution < 1.29 is 17.1 Å². The van der Waals surface area contributed by atoms with Crippen molar-refractivity contribution in [2.24, 2.45) is 0 Å². The van der Waals surface area contributed by atoms with E-state index in [4.69, 9.17) is 0 Å². The van der Waals surface area contributed by atoms with Gasteiger partial charge < -0.3 is 30.3 Å². The van der Waals surface area contributed by atoms with E-state index < -0.39 is 0 Å².